The van der Waals surface area contributed by atoms with Crippen molar-refractivity contribution >= 4 is 21.8 Å². The zero-order valence-electron chi connectivity index (χ0n) is 9.84. The highest BCUT2D eigenvalue weighted by molar-refractivity contribution is 9.10. The van der Waals surface area contributed by atoms with Gasteiger partial charge in [0.1, 0.15) is 5.82 Å². The highest BCUT2D eigenvalue weighted by Crippen LogP contribution is 2.16. The molecule has 1 aromatic rings. The number of rotatable bonds is 4. The quantitative estimate of drug-likeness (QED) is 0.896. The molecule has 0 fully saturated rings. The van der Waals surface area contributed by atoms with Gasteiger partial charge in [-0.05, 0) is 39.5 Å². The molecular formula is C12H16BrFN2O. The van der Waals surface area contributed by atoms with Crippen LogP contribution in [0.4, 0.5) is 4.39 Å². The standard InChI is InChI=1S/C12H16BrFN2O/c1-7(2)11(15)12(17)16-6-8-3-4-9(13)10(14)5-8/h3-5,7,11H,6,15H2,1-2H3,(H,16,17)/t11-/m0/s1. The molecule has 17 heavy (non-hydrogen) atoms. The molecule has 1 rings (SSSR count). The van der Waals surface area contributed by atoms with Crippen LogP contribution in [0.3, 0.4) is 0 Å². The van der Waals surface area contributed by atoms with Crippen LogP contribution in [0.1, 0.15) is 19.4 Å². The van der Waals surface area contributed by atoms with Crippen molar-refractivity contribution in [3.63, 3.8) is 0 Å². The lowest BCUT2D eigenvalue weighted by atomic mass is 10.0. The minimum atomic E-state index is -0.532. The normalized spacial score (nSPS) is 12.6. The van der Waals surface area contributed by atoms with Crippen LogP contribution in [-0.2, 0) is 11.3 Å². The molecule has 0 spiro atoms. The van der Waals surface area contributed by atoms with Gasteiger partial charge in [0.2, 0.25) is 5.91 Å². The maximum Gasteiger partial charge on any atom is 0.237 e. The molecule has 94 valence electrons. The van der Waals surface area contributed by atoms with Gasteiger partial charge in [0.25, 0.3) is 0 Å². The maximum atomic E-state index is 13.2. The third kappa shape index (κ3) is 4.09. The topological polar surface area (TPSA) is 55.1 Å². The number of hydrogen-bond donors (Lipinski definition) is 2. The van der Waals surface area contributed by atoms with Gasteiger partial charge in [-0.15, -0.1) is 0 Å². The smallest absolute Gasteiger partial charge is 0.237 e. The van der Waals surface area contributed by atoms with Crippen molar-refractivity contribution in [3.05, 3.63) is 34.1 Å². The molecule has 0 unspecified atom stereocenters. The summed E-state index contributed by atoms with van der Waals surface area (Å²) in [5.41, 5.74) is 6.39. The molecule has 0 aliphatic rings. The van der Waals surface area contributed by atoms with Crippen LogP contribution in [-0.4, -0.2) is 11.9 Å². The number of benzene rings is 1. The number of halogens is 2. The van der Waals surface area contributed by atoms with Crippen molar-refractivity contribution in [1.82, 2.24) is 5.32 Å². The molecule has 0 aliphatic heterocycles. The summed E-state index contributed by atoms with van der Waals surface area (Å²) in [5, 5.41) is 2.68. The average Bonchev–Trinajstić information content (AvgIpc) is 2.29. The van der Waals surface area contributed by atoms with Gasteiger partial charge in [0.15, 0.2) is 0 Å². The predicted octanol–water partition coefficient (Wildman–Crippen LogP) is 2.19. The van der Waals surface area contributed by atoms with Crippen LogP contribution in [0.15, 0.2) is 22.7 Å². The molecule has 0 aromatic heterocycles. The van der Waals surface area contributed by atoms with Crippen molar-refractivity contribution in [3.8, 4) is 0 Å². The van der Waals surface area contributed by atoms with Crippen molar-refractivity contribution in [2.75, 3.05) is 0 Å². The van der Waals surface area contributed by atoms with E-state index in [0.29, 0.717) is 10.0 Å². The summed E-state index contributed by atoms with van der Waals surface area (Å²) in [5.74, 6) is -0.482. The van der Waals surface area contributed by atoms with Gasteiger partial charge in [0, 0.05) is 6.54 Å². The molecule has 0 saturated carbocycles. The zero-order valence-corrected chi connectivity index (χ0v) is 11.4. The summed E-state index contributed by atoms with van der Waals surface area (Å²) in [7, 11) is 0. The highest BCUT2D eigenvalue weighted by atomic mass is 79.9. The van der Waals surface area contributed by atoms with E-state index in [-0.39, 0.29) is 24.2 Å². The van der Waals surface area contributed by atoms with E-state index < -0.39 is 6.04 Å². The van der Waals surface area contributed by atoms with Gasteiger partial charge >= 0.3 is 0 Å². The third-order valence-electron chi connectivity index (χ3n) is 2.47. The zero-order chi connectivity index (χ0) is 13.0. The number of hydrogen-bond acceptors (Lipinski definition) is 2. The molecule has 0 aliphatic carbocycles. The van der Waals surface area contributed by atoms with Crippen LogP contribution >= 0.6 is 15.9 Å². The van der Waals surface area contributed by atoms with Crippen LogP contribution in [0.25, 0.3) is 0 Å². The molecule has 1 atom stereocenters. The molecule has 3 N–H and O–H groups in total. The monoisotopic (exact) mass is 302 g/mol. The summed E-state index contributed by atoms with van der Waals surface area (Å²) < 4.78 is 13.6. The highest BCUT2D eigenvalue weighted by Gasteiger charge is 2.16. The van der Waals surface area contributed by atoms with Gasteiger partial charge in [-0.25, -0.2) is 4.39 Å². The number of carbonyl (C=O) groups is 1. The molecule has 3 nitrogen and oxygen atoms in total. The summed E-state index contributed by atoms with van der Waals surface area (Å²) in [6.07, 6.45) is 0. The van der Waals surface area contributed by atoms with Gasteiger partial charge in [-0.2, -0.15) is 0 Å². The number of amides is 1. The summed E-state index contributed by atoms with van der Waals surface area (Å²) in [4.78, 5) is 11.6. The van der Waals surface area contributed by atoms with Gasteiger partial charge < -0.3 is 11.1 Å². The number of nitrogens with one attached hydrogen (secondary N) is 1. The van der Waals surface area contributed by atoms with Gasteiger partial charge in [-0.3, -0.25) is 4.79 Å². The second kappa shape index (κ2) is 6.12. The average molecular weight is 303 g/mol. The first-order chi connectivity index (χ1) is 7.91. The van der Waals surface area contributed by atoms with E-state index in [9.17, 15) is 9.18 Å². The molecule has 0 radical (unpaired) electrons. The first-order valence-electron chi connectivity index (χ1n) is 5.39. The molecule has 5 heteroatoms. The Kier molecular flexibility index (Phi) is 5.08. The van der Waals surface area contributed by atoms with E-state index in [2.05, 4.69) is 21.2 Å². The molecule has 0 heterocycles. The first-order valence-corrected chi connectivity index (χ1v) is 6.18. The van der Waals surface area contributed by atoms with Crippen molar-refractivity contribution in [2.24, 2.45) is 11.7 Å². The van der Waals surface area contributed by atoms with Crippen LogP contribution in [0.2, 0.25) is 0 Å². The largest absolute Gasteiger partial charge is 0.351 e. The Balaban J connectivity index is 2.56. The predicted molar refractivity (Wildman–Crippen MR) is 68.8 cm³/mol. The van der Waals surface area contributed by atoms with E-state index in [0.717, 1.165) is 0 Å². The van der Waals surface area contributed by atoms with Crippen molar-refractivity contribution < 1.29 is 9.18 Å². The fourth-order valence-corrected chi connectivity index (χ4v) is 1.51. The maximum absolute atomic E-state index is 13.2. The SMILES string of the molecule is CC(C)[C@H](N)C(=O)NCc1ccc(Br)c(F)c1. The van der Waals surface area contributed by atoms with Crippen LogP contribution in [0.5, 0.6) is 0 Å². The Morgan fingerprint density at radius 3 is 2.71 bits per heavy atom. The molecular weight excluding hydrogens is 287 g/mol. The third-order valence-corrected chi connectivity index (χ3v) is 3.11. The van der Waals surface area contributed by atoms with Crippen LogP contribution < -0.4 is 11.1 Å². The second-order valence-corrected chi connectivity index (χ2v) is 5.09. The van der Waals surface area contributed by atoms with E-state index in [4.69, 9.17) is 5.73 Å². The lowest BCUT2D eigenvalue weighted by molar-refractivity contribution is -0.123. The minimum absolute atomic E-state index is 0.0802. The van der Waals surface area contributed by atoms with E-state index >= 15 is 0 Å². The van der Waals surface area contributed by atoms with Crippen molar-refractivity contribution in [2.45, 2.75) is 26.4 Å². The molecule has 0 bridgehead atoms. The lowest BCUT2D eigenvalue weighted by Gasteiger charge is -2.15. The fourth-order valence-electron chi connectivity index (χ4n) is 1.26. The van der Waals surface area contributed by atoms with Gasteiger partial charge in [0.05, 0.1) is 10.5 Å². The van der Waals surface area contributed by atoms with E-state index in [1.165, 1.54) is 6.07 Å². The molecule has 1 amide bonds. The Morgan fingerprint density at radius 1 is 1.53 bits per heavy atom. The first kappa shape index (κ1) is 14.1. The van der Waals surface area contributed by atoms with Crippen molar-refractivity contribution in [1.29, 1.82) is 0 Å². The minimum Gasteiger partial charge on any atom is -0.351 e. The van der Waals surface area contributed by atoms with Crippen LogP contribution in [0, 0.1) is 11.7 Å². The second-order valence-electron chi connectivity index (χ2n) is 4.24. The Labute approximate surface area is 109 Å². The summed E-state index contributed by atoms with van der Waals surface area (Å²) in [6.45, 7) is 4.04. The summed E-state index contributed by atoms with van der Waals surface area (Å²) >= 11 is 3.07. The van der Waals surface area contributed by atoms with E-state index in [1.807, 2.05) is 13.8 Å². The number of nitrogens with two attached hydrogens (primary N) is 1. The number of carbonyl (C=O) groups excluding carboxylic acids is 1. The molecule has 1 aromatic carbocycles. The molecule has 0 saturated heterocycles. The summed E-state index contributed by atoms with van der Waals surface area (Å²) in [6, 6.07) is 4.20. The Hall–Kier alpha value is -0.940. The van der Waals surface area contributed by atoms with Gasteiger partial charge in [-0.1, -0.05) is 19.9 Å². The van der Waals surface area contributed by atoms with E-state index in [1.54, 1.807) is 12.1 Å². The Bertz CT molecular complexity index is 409. The fraction of sp³-hybridized carbons (Fsp3) is 0.417. The lowest BCUT2D eigenvalue weighted by Crippen LogP contribution is -2.43. The Morgan fingerprint density at radius 2 is 2.18 bits per heavy atom.